The Morgan fingerprint density at radius 1 is 1.33 bits per heavy atom. The number of hydrogen-bond donors (Lipinski definition) is 0. The Bertz CT molecular complexity index is 341. The molecule has 0 spiro atoms. The maximum atomic E-state index is 12.2. The molecule has 0 aromatic heterocycles. The Hall–Kier alpha value is -0.990. The average Bonchev–Trinajstić information content (AvgIpc) is 2.76. The van der Waals surface area contributed by atoms with Crippen molar-refractivity contribution in [3.63, 3.8) is 0 Å². The fraction of sp³-hybridized carbons (Fsp3) is 0.800. The van der Waals surface area contributed by atoms with Gasteiger partial charge in [0.15, 0.2) is 0 Å². The van der Waals surface area contributed by atoms with E-state index in [9.17, 15) is 4.79 Å². The molecule has 1 heterocycles. The molecule has 1 aliphatic carbocycles. The molecule has 0 aromatic rings. The zero-order valence-electron chi connectivity index (χ0n) is 11.9. The average molecular weight is 251 g/mol. The number of likely N-dealkylation sites (tertiary alicyclic amines) is 1. The lowest BCUT2D eigenvalue weighted by Crippen LogP contribution is -2.40. The molecule has 1 amide bonds. The van der Waals surface area contributed by atoms with Gasteiger partial charge in [0.05, 0.1) is 6.04 Å². The first-order chi connectivity index (χ1) is 8.47. The van der Waals surface area contributed by atoms with Crippen LogP contribution in [0.15, 0.2) is 11.6 Å². The van der Waals surface area contributed by atoms with Crippen molar-refractivity contribution in [1.82, 2.24) is 4.90 Å². The minimum atomic E-state index is -0.398. The van der Waals surface area contributed by atoms with Crippen LogP contribution in [-0.2, 0) is 4.74 Å². The van der Waals surface area contributed by atoms with Crippen LogP contribution in [0.3, 0.4) is 0 Å². The second-order valence-electron chi connectivity index (χ2n) is 6.36. The van der Waals surface area contributed by atoms with Crippen LogP contribution in [0.2, 0.25) is 0 Å². The fourth-order valence-corrected chi connectivity index (χ4v) is 2.86. The van der Waals surface area contributed by atoms with Gasteiger partial charge in [0.2, 0.25) is 0 Å². The highest BCUT2D eigenvalue weighted by Crippen LogP contribution is 2.31. The molecule has 3 heteroatoms. The van der Waals surface area contributed by atoms with E-state index in [0.717, 1.165) is 25.8 Å². The summed E-state index contributed by atoms with van der Waals surface area (Å²) in [5, 5.41) is 0. The molecular formula is C15H25NO2. The smallest absolute Gasteiger partial charge is 0.410 e. The van der Waals surface area contributed by atoms with Gasteiger partial charge in [-0.15, -0.1) is 0 Å². The number of amides is 1. The first-order valence-electron chi connectivity index (χ1n) is 7.16. The molecule has 2 aliphatic rings. The van der Waals surface area contributed by atoms with Crippen LogP contribution in [0.4, 0.5) is 4.79 Å². The van der Waals surface area contributed by atoms with Crippen molar-refractivity contribution in [2.75, 3.05) is 6.54 Å². The Balaban J connectivity index is 2.03. The molecule has 1 unspecified atom stereocenters. The summed E-state index contributed by atoms with van der Waals surface area (Å²) in [7, 11) is 0. The predicted molar refractivity (Wildman–Crippen MR) is 72.5 cm³/mol. The summed E-state index contributed by atoms with van der Waals surface area (Å²) in [6, 6.07) is 0.306. The lowest BCUT2D eigenvalue weighted by Gasteiger charge is -2.31. The predicted octanol–water partition coefficient (Wildman–Crippen LogP) is 3.89. The normalized spacial score (nSPS) is 24.9. The Morgan fingerprint density at radius 3 is 2.72 bits per heavy atom. The summed E-state index contributed by atoms with van der Waals surface area (Å²) >= 11 is 0. The summed E-state index contributed by atoms with van der Waals surface area (Å²) in [6.45, 7) is 6.62. The molecule has 1 atom stereocenters. The van der Waals surface area contributed by atoms with Crippen LogP contribution >= 0.6 is 0 Å². The summed E-state index contributed by atoms with van der Waals surface area (Å²) in [6.07, 6.45) is 9.30. The molecule has 18 heavy (non-hydrogen) atoms. The van der Waals surface area contributed by atoms with E-state index in [1.807, 2.05) is 25.7 Å². The SMILES string of the molecule is CC(C)(C)OC(=O)N1CCCC1C1=CCCCC1. The van der Waals surface area contributed by atoms with Crippen LogP contribution in [0.25, 0.3) is 0 Å². The topological polar surface area (TPSA) is 29.5 Å². The van der Waals surface area contributed by atoms with Crippen LogP contribution in [-0.4, -0.2) is 29.2 Å². The highest BCUT2D eigenvalue weighted by atomic mass is 16.6. The Labute approximate surface area is 110 Å². The van der Waals surface area contributed by atoms with E-state index in [2.05, 4.69) is 6.08 Å². The molecule has 0 N–H and O–H groups in total. The highest BCUT2D eigenvalue weighted by Gasteiger charge is 2.34. The molecular weight excluding hydrogens is 226 g/mol. The van der Waals surface area contributed by atoms with E-state index < -0.39 is 5.60 Å². The van der Waals surface area contributed by atoms with Gasteiger partial charge in [0.25, 0.3) is 0 Å². The minimum Gasteiger partial charge on any atom is -0.444 e. The molecule has 102 valence electrons. The molecule has 1 saturated heterocycles. The number of carbonyl (C=O) groups excluding carboxylic acids is 1. The van der Waals surface area contributed by atoms with E-state index >= 15 is 0 Å². The van der Waals surface area contributed by atoms with Gasteiger partial charge in [-0.3, -0.25) is 0 Å². The lowest BCUT2D eigenvalue weighted by molar-refractivity contribution is 0.0246. The quantitative estimate of drug-likeness (QED) is 0.662. The second-order valence-corrected chi connectivity index (χ2v) is 6.36. The van der Waals surface area contributed by atoms with E-state index in [1.54, 1.807) is 0 Å². The number of carbonyl (C=O) groups is 1. The molecule has 0 radical (unpaired) electrons. The number of nitrogens with zero attached hydrogens (tertiary/aromatic N) is 1. The van der Waals surface area contributed by atoms with Gasteiger partial charge >= 0.3 is 6.09 Å². The summed E-state index contributed by atoms with van der Waals surface area (Å²) < 4.78 is 5.50. The summed E-state index contributed by atoms with van der Waals surface area (Å²) in [5.41, 5.74) is 1.06. The van der Waals surface area contributed by atoms with Crippen molar-refractivity contribution < 1.29 is 9.53 Å². The molecule has 1 fully saturated rings. The van der Waals surface area contributed by atoms with Crippen molar-refractivity contribution >= 4 is 6.09 Å². The van der Waals surface area contributed by atoms with Gasteiger partial charge in [0, 0.05) is 6.54 Å². The Kier molecular flexibility index (Phi) is 3.98. The van der Waals surface area contributed by atoms with E-state index in [0.29, 0.717) is 6.04 Å². The Morgan fingerprint density at radius 2 is 2.11 bits per heavy atom. The number of rotatable bonds is 1. The van der Waals surface area contributed by atoms with Crippen molar-refractivity contribution in [2.24, 2.45) is 0 Å². The largest absolute Gasteiger partial charge is 0.444 e. The molecule has 1 aliphatic heterocycles. The molecule has 3 nitrogen and oxygen atoms in total. The first-order valence-corrected chi connectivity index (χ1v) is 7.16. The van der Waals surface area contributed by atoms with Gasteiger partial charge in [-0.2, -0.15) is 0 Å². The van der Waals surface area contributed by atoms with E-state index in [-0.39, 0.29) is 6.09 Å². The minimum absolute atomic E-state index is 0.142. The number of hydrogen-bond acceptors (Lipinski definition) is 2. The highest BCUT2D eigenvalue weighted by molar-refractivity contribution is 5.69. The molecule has 0 saturated carbocycles. The monoisotopic (exact) mass is 251 g/mol. The molecule has 0 bridgehead atoms. The van der Waals surface area contributed by atoms with Crippen molar-refractivity contribution in [1.29, 1.82) is 0 Å². The van der Waals surface area contributed by atoms with Crippen molar-refractivity contribution in [3.8, 4) is 0 Å². The third kappa shape index (κ3) is 3.27. The van der Waals surface area contributed by atoms with Gasteiger partial charge < -0.3 is 9.64 Å². The molecule has 2 rings (SSSR count). The van der Waals surface area contributed by atoms with Crippen LogP contribution in [0.1, 0.15) is 59.3 Å². The number of allylic oxidation sites excluding steroid dienone is 1. The second kappa shape index (κ2) is 5.33. The van der Waals surface area contributed by atoms with Gasteiger partial charge in [-0.25, -0.2) is 4.79 Å². The van der Waals surface area contributed by atoms with Crippen LogP contribution in [0.5, 0.6) is 0 Å². The van der Waals surface area contributed by atoms with Gasteiger partial charge in [0.1, 0.15) is 5.60 Å². The lowest BCUT2D eigenvalue weighted by atomic mass is 9.93. The standard InChI is InChI=1S/C15H25NO2/c1-15(2,3)18-14(17)16-11-7-10-13(16)12-8-5-4-6-9-12/h8,13H,4-7,9-11H2,1-3H3. The first kappa shape index (κ1) is 13.4. The summed E-state index contributed by atoms with van der Waals surface area (Å²) in [5.74, 6) is 0. The maximum absolute atomic E-state index is 12.2. The van der Waals surface area contributed by atoms with Crippen LogP contribution < -0.4 is 0 Å². The zero-order valence-corrected chi connectivity index (χ0v) is 11.9. The third-order valence-electron chi connectivity index (χ3n) is 3.63. The third-order valence-corrected chi connectivity index (χ3v) is 3.63. The van der Waals surface area contributed by atoms with E-state index in [4.69, 9.17) is 4.74 Å². The van der Waals surface area contributed by atoms with Crippen molar-refractivity contribution in [3.05, 3.63) is 11.6 Å². The van der Waals surface area contributed by atoms with Gasteiger partial charge in [-0.1, -0.05) is 11.6 Å². The van der Waals surface area contributed by atoms with Gasteiger partial charge in [-0.05, 0) is 59.3 Å². The number of ether oxygens (including phenoxy) is 1. The van der Waals surface area contributed by atoms with Crippen LogP contribution in [0, 0.1) is 0 Å². The zero-order chi connectivity index (χ0) is 13.2. The van der Waals surface area contributed by atoms with Crippen molar-refractivity contribution in [2.45, 2.75) is 70.9 Å². The maximum Gasteiger partial charge on any atom is 0.410 e. The summed E-state index contributed by atoms with van der Waals surface area (Å²) in [4.78, 5) is 14.1. The molecule has 0 aromatic carbocycles. The fourth-order valence-electron chi connectivity index (χ4n) is 2.86. The van der Waals surface area contributed by atoms with E-state index in [1.165, 1.54) is 24.8 Å².